The van der Waals surface area contributed by atoms with E-state index in [4.69, 9.17) is 9.26 Å². The molecule has 4 rings (SSSR count). The molecule has 1 saturated heterocycles. The van der Waals surface area contributed by atoms with E-state index in [2.05, 4.69) is 59.4 Å². The van der Waals surface area contributed by atoms with Gasteiger partial charge in [-0.25, -0.2) is 4.57 Å². The molecule has 2 aromatic heterocycles. The first-order chi connectivity index (χ1) is 17.9. The first-order valence-corrected chi connectivity index (χ1v) is 13.4. The number of methoxy groups -OCH3 is 1. The van der Waals surface area contributed by atoms with Gasteiger partial charge in [-0.1, -0.05) is 38.6 Å². The molecule has 0 spiro atoms. The number of nitrogens with one attached hydrogen (secondary N) is 3. The Morgan fingerprint density at radius 3 is 2.59 bits per heavy atom. The van der Waals surface area contributed by atoms with E-state index in [-0.39, 0.29) is 14.1 Å². The quantitative estimate of drug-likeness (QED) is 0.205. The molecule has 198 valence electrons. The smallest absolute Gasteiger partial charge is 0.327 e. The van der Waals surface area contributed by atoms with Gasteiger partial charge in [0.2, 0.25) is 0 Å². The zero-order valence-electron chi connectivity index (χ0n) is 22.4. The number of pyridine rings is 1. The summed E-state index contributed by atoms with van der Waals surface area (Å²) in [6.45, 7) is 13.6. The van der Waals surface area contributed by atoms with E-state index in [1.807, 2.05) is 31.3 Å². The van der Waals surface area contributed by atoms with Crippen LogP contribution in [0.15, 0.2) is 55.4 Å². The molecule has 1 aromatic carbocycles. The lowest BCUT2D eigenvalue weighted by Crippen LogP contribution is -2.37. The van der Waals surface area contributed by atoms with Crippen LogP contribution in [-0.2, 0) is 26.9 Å². The maximum Gasteiger partial charge on any atom is 0.327 e. The molecule has 3 heterocycles. The molecule has 8 heteroatoms. The number of ether oxygens (including phenoxy) is 1. The van der Waals surface area contributed by atoms with Crippen LogP contribution in [0.5, 0.6) is 0 Å². The third-order valence-corrected chi connectivity index (χ3v) is 6.50. The van der Waals surface area contributed by atoms with Crippen LogP contribution in [0.3, 0.4) is 0 Å². The summed E-state index contributed by atoms with van der Waals surface area (Å²) in [5, 5.41) is 1.14. The molecule has 0 atom stereocenters. The highest BCUT2D eigenvalue weighted by Crippen LogP contribution is 2.38. The van der Waals surface area contributed by atoms with Crippen molar-refractivity contribution in [2.45, 2.75) is 46.6 Å². The second kappa shape index (κ2) is 14.3. The molecular weight excluding hydrogens is 483 g/mol. The van der Waals surface area contributed by atoms with Gasteiger partial charge in [0.15, 0.2) is 0 Å². The highest BCUT2D eigenvalue weighted by atomic mass is 31.1. The number of rotatable bonds is 10. The van der Waals surface area contributed by atoms with E-state index < -0.39 is 0 Å². The Labute approximate surface area is 222 Å². The summed E-state index contributed by atoms with van der Waals surface area (Å²) in [4.78, 5) is 7.97. The minimum Gasteiger partial charge on any atom is -0.380 e. The summed E-state index contributed by atoms with van der Waals surface area (Å²) >= 11 is 0. The second-order valence-corrected chi connectivity index (χ2v) is 10.4. The lowest BCUT2D eigenvalue weighted by Gasteiger charge is -2.23. The van der Waals surface area contributed by atoms with Crippen molar-refractivity contribution in [3.63, 3.8) is 0 Å². The van der Waals surface area contributed by atoms with Gasteiger partial charge in [0.25, 0.3) is 0 Å². The molecule has 0 bridgehead atoms. The monoisotopic (exact) mass is 522 g/mol. The van der Waals surface area contributed by atoms with Crippen molar-refractivity contribution in [2.24, 2.45) is 5.41 Å². The maximum atomic E-state index is 10.9. The molecule has 0 amide bonds. The number of nitrogens with zero attached hydrogens (tertiary/aromatic N) is 1. The van der Waals surface area contributed by atoms with Gasteiger partial charge in [-0.05, 0) is 72.1 Å². The Morgan fingerprint density at radius 2 is 1.97 bits per heavy atom. The lowest BCUT2D eigenvalue weighted by molar-refractivity contribution is 0.185. The van der Waals surface area contributed by atoms with Gasteiger partial charge in [-0.3, -0.25) is 20.4 Å². The fourth-order valence-corrected chi connectivity index (χ4v) is 4.82. The first-order valence-electron chi connectivity index (χ1n) is 12.7. The van der Waals surface area contributed by atoms with Crippen molar-refractivity contribution in [1.82, 2.24) is 20.8 Å². The zero-order chi connectivity index (χ0) is 26.7. The molecule has 1 aliphatic heterocycles. The van der Waals surface area contributed by atoms with Crippen molar-refractivity contribution >= 4 is 25.2 Å². The summed E-state index contributed by atoms with van der Waals surface area (Å²) in [7, 11) is 1.39. The molecule has 37 heavy (non-hydrogen) atoms. The van der Waals surface area contributed by atoms with E-state index in [1.165, 1.54) is 18.4 Å². The molecule has 1 fully saturated rings. The van der Waals surface area contributed by atoms with Gasteiger partial charge < -0.3 is 9.72 Å². The van der Waals surface area contributed by atoms with Gasteiger partial charge in [0.1, 0.15) is 0 Å². The van der Waals surface area contributed by atoms with Crippen molar-refractivity contribution in [2.75, 3.05) is 26.8 Å². The normalized spacial score (nSPS) is 14.2. The zero-order valence-corrected chi connectivity index (χ0v) is 23.3. The fraction of sp³-hybridized carbons (Fsp3) is 0.414. The molecule has 0 radical (unpaired) electrons. The third-order valence-electron chi connectivity index (χ3n) is 6.27. The molecule has 0 unspecified atom stereocenters. The topological polar surface area (TPSA) is 88.3 Å². The number of hydrogen-bond donors (Lipinski definition) is 3. The number of aromatic nitrogens is 2. The number of allylic oxidation sites excluding steroid dienone is 3. The fourth-order valence-electron chi connectivity index (χ4n) is 4.42. The number of hydrazine groups is 1. The van der Waals surface area contributed by atoms with Gasteiger partial charge in [0, 0.05) is 49.1 Å². The summed E-state index contributed by atoms with van der Waals surface area (Å²) in [5.41, 5.74) is 13.2. The van der Waals surface area contributed by atoms with E-state index in [0.29, 0.717) is 13.2 Å². The van der Waals surface area contributed by atoms with Crippen molar-refractivity contribution in [3.05, 3.63) is 72.1 Å². The van der Waals surface area contributed by atoms with Crippen LogP contribution in [0.2, 0.25) is 0 Å². The summed E-state index contributed by atoms with van der Waals surface area (Å²) in [6, 6.07) is 8.34. The number of fused-ring (bicyclic) bond motifs is 1. The molecule has 3 aromatic rings. The molecule has 0 aliphatic carbocycles. The Balaban J connectivity index is 0.000000555. The molecule has 7 nitrogen and oxygen atoms in total. The van der Waals surface area contributed by atoms with Gasteiger partial charge in [0.05, 0.1) is 18.9 Å². The van der Waals surface area contributed by atoms with Crippen molar-refractivity contribution in [1.29, 1.82) is 0 Å². The average molecular weight is 523 g/mol. The van der Waals surface area contributed by atoms with Crippen LogP contribution < -0.4 is 10.9 Å². The van der Waals surface area contributed by atoms with E-state index in [9.17, 15) is 4.57 Å². The highest BCUT2D eigenvalue weighted by Gasteiger charge is 2.25. The van der Waals surface area contributed by atoms with Crippen LogP contribution in [0.4, 0.5) is 0 Å². The van der Waals surface area contributed by atoms with E-state index in [0.717, 1.165) is 58.4 Å². The molecular formula is C29H39N4O3P. The molecule has 3 N–H and O–H groups in total. The van der Waals surface area contributed by atoms with Crippen LogP contribution in [0.1, 0.15) is 50.3 Å². The van der Waals surface area contributed by atoms with Crippen LogP contribution in [0.25, 0.3) is 27.7 Å². The van der Waals surface area contributed by atoms with Crippen LogP contribution >= 0.6 is 8.69 Å². The lowest BCUT2D eigenvalue weighted by atomic mass is 9.84. The van der Waals surface area contributed by atoms with Crippen LogP contribution in [-0.4, -0.2) is 36.8 Å². The third kappa shape index (κ3) is 8.16. The summed E-state index contributed by atoms with van der Waals surface area (Å²) in [6.07, 6.45) is 11.0. The number of benzene rings is 1. The number of hydrogen-bond acceptors (Lipinski definition) is 6. The Kier molecular flexibility index (Phi) is 11.2. The average Bonchev–Trinajstić information content (AvgIpc) is 3.26. The number of aromatic amines is 1. The largest absolute Gasteiger partial charge is 0.380 e. The van der Waals surface area contributed by atoms with Gasteiger partial charge >= 0.3 is 8.69 Å². The minimum atomic E-state index is -0.299. The van der Waals surface area contributed by atoms with E-state index >= 15 is 0 Å². The first kappa shape index (κ1) is 28.9. The Bertz CT molecular complexity index is 1200. The second-order valence-electron chi connectivity index (χ2n) is 9.98. The predicted molar refractivity (Wildman–Crippen MR) is 152 cm³/mol. The van der Waals surface area contributed by atoms with Crippen LogP contribution in [0, 0.1) is 5.41 Å². The summed E-state index contributed by atoms with van der Waals surface area (Å²) < 4.78 is 21.5. The minimum absolute atomic E-state index is 0.221. The maximum absolute atomic E-state index is 10.9. The van der Waals surface area contributed by atoms with Gasteiger partial charge in [-0.15, -0.1) is 0 Å². The highest BCUT2D eigenvalue weighted by molar-refractivity contribution is 7.17. The van der Waals surface area contributed by atoms with Crippen molar-refractivity contribution < 1.29 is 13.8 Å². The summed E-state index contributed by atoms with van der Waals surface area (Å²) in [5.74, 6) is 0. The Hall–Kier alpha value is -2.67. The predicted octanol–water partition coefficient (Wildman–Crippen LogP) is 6.63. The molecule has 0 saturated carbocycles. The standard InChI is InChI=1S/C25H29N2O3P.C4H10N2/c1-6-7-17(2)18-8-9-23-20(12-18)21(13-25(3,4)16-30-31-28)24(27-23)22-14-26-11-10-19(22)15-29-5;1-2-4-6-5-3-1/h6-12,14,27H,2,13,15-16H2,1,3-5H3;5-6H,1-4H2/b7-6+;. The SMILES string of the molecule is C1CCNNC1.C=C(/C=C/C)c1ccc2[nH]c(-c3cnccc3COC)c(CC(C)(C)COP=O)c2c1. The number of H-pyrrole nitrogens is 1. The molecule has 1 aliphatic rings. The van der Waals surface area contributed by atoms with Gasteiger partial charge in [-0.2, -0.15) is 0 Å². The van der Waals surface area contributed by atoms with E-state index in [1.54, 1.807) is 13.3 Å². The van der Waals surface area contributed by atoms with Crippen molar-refractivity contribution in [3.8, 4) is 11.3 Å². The Morgan fingerprint density at radius 1 is 1.22 bits per heavy atom.